The van der Waals surface area contributed by atoms with Crippen molar-refractivity contribution in [1.82, 2.24) is 10.1 Å². The number of rotatable bonds is 8. The monoisotopic (exact) mass is 374 g/mol. The maximum absolute atomic E-state index is 12.7. The normalized spacial score (nSPS) is 10.8. The minimum atomic E-state index is -0.140. The number of amides is 1. The molecule has 0 aliphatic heterocycles. The molecule has 0 saturated heterocycles. The van der Waals surface area contributed by atoms with Crippen molar-refractivity contribution in [3.63, 3.8) is 0 Å². The molecule has 27 heavy (non-hydrogen) atoms. The number of benzene rings is 1. The Morgan fingerprint density at radius 2 is 1.78 bits per heavy atom. The standard InChI is InChI=1S/C20H26N2O5/c1-12(2)17-9-15(21-27-17)11-22(4)20(24)8-14-7-18(25-5)19(26-6)10-16(14)13(3)23/h7,9-10,12H,8,11H2,1-6H3. The van der Waals surface area contributed by atoms with Gasteiger partial charge in [0.05, 0.1) is 27.2 Å². The van der Waals surface area contributed by atoms with E-state index in [0.29, 0.717) is 34.9 Å². The molecule has 0 aliphatic carbocycles. The highest BCUT2D eigenvalue weighted by Crippen LogP contribution is 2.31. The van der Waals surface area contributed by atoms with Gasteiger partial charge in [-0.3, -0.25) is 9.59 Å². The fourth-order valence-corrected chi connectivity index (χ4v) is 2.70. The highest BCUT2D eigenvalue weighted by Gasteiger charge is 2.19. The Morgan fingerprint density at radius 1 is 1.15 bits per heavy atom. The van der Waals surface area contributed by atoms with Gasteiger partial charge in [-0.25, -0.2) is 0 Å². The number of hydrogen-bond donors (Lipinski definition) is 0. The number of ether oxygens (including phenoxy) is 2. The van der Waals surface area contributed by atoms with E-state index in [9.17, 15) is 9.59 Å². The molecule has 1 amide bonds. The Balaban J connectivity index is 2.18. The largest absolute Gasteiger partial charge is 0.493 e. The van der Waals surface area contributed by atoms with Crippen molar-refractivity contribution in [3.05, 3.63) is 40.8 Å². The predicted octanol–water partition coefficient (Wildman–Crippen LogP) is 3.22. The highest BCUT2D eigenvalue weighted by atomic mass is 16.5. The van der Waals surface area contributed by atoms with Gasteiger partial charge >= 0.3 is 0 Å². The lowest BCUT2D eigenvalue weighted by Crippen LogP contribution is -2.28. The molecule has 0 aliphatic rings. The number of likely N-dealkylation sites (N-methyl/N-ethyl adjacent to an activating group) is 1. The molecule has 1 aromatic heterocycles. The van der Waals surface area contributed by atoms with Crippen LogP contribution in [0, 0.1) is 0 Å². The van der Waals surface area contributed by atoms with Crippen LogP contribution in [0.3, 0.4) is 0 Å². The number of methoxy groups -OCH3 is 2. The first-order chi connectivity index (χ1) is 12.8. The second-order valence-corrected chi connectivity index (χ2v) is 6.72. The number of Topliss-reactive ketones (excluding diaryl/α,β-unsaturated/α-hetero) is 1. The second-order valence-electron chi connectivity index (χ2n) is 6.72. The van der Waals surface area contributed by atoms with Crippen molar-refractivity contribution in [2.75, 3.05) is 21.3 Å². The summed E-state index contributed by atoms with van der Waals surface area (Å²) in [6.07, 6.45) is 0.0701. The van der Waals surface area contributed by atoms with Crippen molar-refractivity contribution in [3.8, 4) is 11.5 Å². The van der Waals surface area contributed by atoms with Gasteiger partial charge in [-0.15, -0.1) is 0 Å². The number of nitrogens with zero attached hydrogens (tertiary/aromatic N) is 2. The van der Waals surface area contributed by atoms with Crippen LogP contribution >= 0.6 is 0 Å². The lowest BCUT2D eigenvalue weighted by Gasteiger charge is -2.18. The molecule has 146 valence electrons. The van der Waals surface area contributed by atoms with E-state index >= 15 is 0 Å². The van der Waals surface area contributed by atoms with Crippen molar-refractivity contribution in [2.45, 2.75) is 39.7 Å². The van der Waals surface area contributed by atoms with Crippen molar-refractivity contribution in [1.29, 1.82) is 0 Å². The molecule has 0 unspecified atom stereocenters. The van der Waals surface area contributed by atoms with Gasteiger partial charge in [0.1, 0.15) is 11.5 Å². The molecule has 2 rings (SSSR count). The summed E-state index contributed by atoms with van der Waals surface area (Å²) in [4.78, 5) is 26.2. The van der Waals surface area contributed by atoms with Crippen molar-refractivity contribution < 1.29 is 23.6 Å². The van der Waals surface area contributed by atoms with Crippen LogP contribution in [0.15, 0.2) is 22.7 Å². The zero-order chi connectivity index (χ0) is 20.1. The zero-order valence-electron chi connectivity index (χ0n) is 16.7. The summed E-state index contributed by atoms with van der Waals surface area (Å²) in [5.74, 6) is 1.67. The van der Waals surface area contributed by atoms with E-state index in [2.05, 4.69) is 5.16 Å². The molecule has 7 heteroatoms. The second kappa shape index (κ2) is 8.70. The van der Waals surface area contributed by atoms with Gasteiger partial charge in [-0.1, -0.05) is 19.0 Å². The molecule has 0 saturated carbocycles. The van der Waals surface area contributed by atoms with Crippen LogP contribution in [0.4, 0.5) is 0 Å². The minimum Gasteiger partial charge on any atom is -0.493 e. The van der Waals surface area contributed by atoms with Gasteiger partial charge in [-0.2, -0.15) is 0 Å². The molecular weight excluding hydrogens is 348 g/mol. The SMILES string of the molecule is COc1cc(CC(=O)N(C)Cc2cc(C(C)C)on2)c(C(C)=O)cc1OC. The van der Waals surface area contributed by atoms with Crippen LogP contribution in [-0.2, 0) is 17.8 Å². The smallest absolute Gasteiger partial charge is 0.227 e. The van der Waals surface area contributed by atoms with E-state index < -0.39 is 0 Å². The Labute approximate surface area is 159 Å². The molecule has 0 radical (unpaired) electrons. The first kappa shape index (κ1) is 20.5. The maximum Gasteiger partial charge on any atom is 0.227 e. The van der Waals surface area contributed by atoms with Crippen LogP contribution in [0.2, 0.25) is 0 Å². The number of aromatic nitrogens is 1. The van der Waals surface area contributed by atoms with Gasteiger partial charge in [0.2, 0.25) is 5.91 Å². The maximum atomic E-state index is 12.7. The fourth-order valence-electron chi connectivity index (χ4n) is 2.70. The first-order valence-electron chi connectivity index (χ1n) is 8.72. The Bertz CT molecular complexity index is 826. The molecule has 1 aromatic carbocycles. The molecule has 0 fully saturated rings. The van der Waals surface area contributed by atoms with Crippen LogP contribution < -0.4 is 9.47 Å². The zero-order valence-corrected chi connectivity index (χ0v) is 16.7. The molecule has 2 aromatic rings. The van der Waals surface area contributed by atoms with Crippen LogP contribution in [-0.4, -0.2) is 43.0 Å². The number of hydrogen-bond acceptors (Lipinski definition) is 6. The molecule has 0 N–H and O–H groups in total. The summed E-state index contributed by atoms with van der Waals surface area (Å²) in [5.41, 5.74) is 1.73. The predicted molar refractivity (Wildman–Crippen MR) is 100 cm³/mol. The lowest BCUT2D eigenvalue weighted by atomic mass is 10.00. The third-order valence-electron chi connectivity index (χ3n) is 4.30. The first-order valence-corrected chi connectivity index (χ1v) is 8.72. The van der Waals surface area contributed by atoms with Crippen molar-refractivity contribution >= 4 is 11.7 Å². The van der Waals surface area contributed by atoms with E-state index in [-0.39, 0.29) is 24.0 Å². The van der Waals surface area contributed by atoms with E-state index in [0.717, 1.165) is 5.76 Å². The van der Waals surface area contributed by atoms with Crippen molar-refractivity contribution in [2.24, 2.45) is 0 Å². The van der Waals surface area contributed by atoms with E-state index in [1.165, 1.54) is 21.1 Å². The van der Waals surface area contributed by atoms with Gasteiger partial charge in [0, 0.05) is 24.6 Å². The van der Waals surface area contributed by atoms with E-state index in [1.807, 2.05) is 19.9 Å². The number of carbonyl (C=O) groups is 2. The Hall–Kier alpha value is -2.83. The highest BCUT2D eigenvalue weighted by molar-refractivity contribution is 5.97. The summed E-state index contributed by atoms with van der Waals surface area (Å²) < 4.78 is 15.8. The molecule has 0 atom stereocenters. The Morgan fingerprint density at radius 3 is 2.30 bits per heavy atom. The van der Waals surface area contributed by atoms with E-state index in [4.69, 9.17) is 14.0 Å². The summed E-state index contributed by atoms with van der Waals surface area (Å²) in [6, 6.07) is 5.14. The average molecular weight is 374 g/mol. The van der Waals surface area contributed by atoms with Gasteiger partial charge in [0.15, 0.2) is 17.3 Å². The summed E-state index contributed by atoms with van der Waals surface area (Å²) in [6.45, 7) is 5.82. The van der Waals surface area contributed by atoms with Crippen LogP contribution in [0.5, 0.6) is 11.5 Å². The molecule has 7 nitrogen and oxygen atoms in total. The van der Waals surface area contributed by atoms with Crippen LogP contribution in [0.1, 0.15) is 54.1 Å². The summed E-state index contributed by atoms with van der Waals surface area (Å²) in [7, 11) is 4.71. The van der Waals surface area contributed by atoms with Gasteiger partial charge in [-0.05, 0) is 24.6 Å². The number of ketones is 1. The minimum absolute atomic E-state index is 0.0701. The van der Waals surface area contributed by atoms with Gasteiger partial charge < -0.3 is 18.9 Å². The summed E-state index contributed by atoms with van der Waals surface area (Å²) >= 11 is 0. The number of carbonyl (C=O) groups excluding carboxylic acids is 2. The average Bonchev–Trinajstić information content (AvgIpc) is 3.09. The molecule has 0 bridgehead atoms. The molecule has 0 spiro atoms. The van der Waals surface area contributed by atoms with E-state index in [1.54, 1.807) is 24.1 Å². The van der Waals surface area contributed by atoms with Crippen LogP contribution in [0.25, 0.3) is 0 Å². The topological polar surface area (TPSA) is 81.9 Å². The third-order valence-corrected chi connectivity index (χ3v) is 4.30. The fraction of sp³-hybridized carbons (Fsp3) is 0.450. The Kier molecular flexibility index (Phi) is 6.60. The van der Waals surface area contributed by atoms with Gasteiger partial charge in [0.25, 0.3) is 0 Å². The lowest BCUT2D eigenvalue weighted by molar-refractivity contribution is -0.129. The molecule has 1 heterocycles. The summed E-state index contributed by atoms with van der Waals surface area (Å²) in [5, 5.41) is 4.00. The third kappa shape index (κ3) is 4.87. The molecular formula is C20H26N2O5. The quantitative estimate of drug-likeness (QED) is 0.660.